The zero-order valence-corrected chi connectivity index (χ0v) is 15.0. The molecule has 0 radical (unpaired) electrons. The number of benzene rings is 1. The Balaban J connectivity index is 0.00000225. The van der Waals surface area contributed by atoms with Crippen molar-refractivity contribution >= 4 is 18.3 Å². The molecule has 1 aliphatic rings. The predicted octanol–water partition coefficient (Wildman–Crippen LogP) is 2.00. The van der Waals surface area contributed by atoms with E-state index in [-0.39, 0.29) is 18.3 Å². The Morgan fingerprint density at radius 3 is 2.68 bits per heavy atom. The highest BCUT2D eigenvalue weighted by Gasteiger charge is 2.28. The normalized spacial score (nSPS) is 13.3. The predicted molar refractivity (Wildman–Crippen MR) is 96.0 cm³/mol. The molecule has 1 aromatic carbocycles. The number of ether oxygens (including phenoxy) is 1. The quantitative estimate of drug-likeness (QED) is 0.660. The average molecular weight is 367 g/mol. The van der Waals surface area contributed by atoms with Gasteiger partial charge in [0.25, 0.3) is 11.8 Å². The van der Waals surface area contributed by atoms with Crippen LogP contribution in [-0.2, 0) is 4.74 Å². The van der Waals surface area contributed by atoms with Crippen LogP contribution in [0.4, 0.5) is 0 Å². The van der Waals surface area contributed by atoms with Gasteiger partial charge in [-0.3, -0.25) is 4.79 Å². The number of carbonyl (C=O) groups excluding carboxylic acids is 1. The van der Waals surface area contributed by atoms with Crippen LogP contribution in [0.3, 0.4) is 0 Å². The molecule has 8 heteroatoms. The fourth-order valence-electron chi connectivity index (χ4n) is 2.29. The van der Waals surface area contributed by atoms with Crippen LogP contribution in [0.5, 0.6) is 0 Å². The molecule has 136 valence electrons. The van der Waals surface area contributed by atoms with Crippen molar-refractivity contribution < 1.29 is 14.1 Å². The first-order chi connectivity index (χ1) is 11.8. The van der Waals surface area contributed by atoms with Gasteiger partial charge < -0.3 is 19.9 Å². The maximum atomic E-state index is 12.1. The zero-order valence-electron chi connectivity index (χ0n) is 14.2. The van der Waals surface area contributed by atoms with E-state index in [1.54, 1.807) is 19.2 Å². The highest BCUT2D eigenvalue weighted by Crippen LogP contribution is 2.38. The molecule has 0 atom stereocenters. The van der Waals surface area contributed by atoms with Gasteiger partial charge in [-0.15, -0.1) is 12.4 Å². The summed E-state index contributed by atoms with van der Waals surface area (Å²) in [7, 11) is 1.66. The molecule has 1 saturated carbocycles. The molecule has 2 N–H and O–H groups in total. The molecular weight excluding hydrogens is 344 g/mol. The van der Waals surface area contributed by atoms with Crippen LogP contribution in [0, 0.1) is 0 Å². The Morgan fingerprint density at radius 2 is 2.00 bits per heavy atom. The van der Waals surface area contributed by atoms with Gasteiger partial charge in [0.15, 0.2) is 5.82 Å². The number of nitrogens with zero attached hydrogens (tertiary/aromatic N) is 2. The summed E-state index contributed by atoms with van der Waals surface area (Å²) in [6, 6.07) is 7.19. The van der Waals surface area contributed by atoms with Gasteiger partial charge in [-0.2, -0.15) is 4.98 Å². The molecule has 25 heavy (non-hydrogen) atoms. The first kappa shape index (κ1) is 19.4. The molecule has 1 heterocycles. The van der Waals surface area contributed by atoms with Crippen LogP contribution in [0.2, 0.25) is 0 Å². The lowest BCUT2D eigenvalue weighted by atomic mass is 10.1. The van der Waals surface area contributed by atoms with Gasteiger partial charge in [0.1, 0.15) is 0 Å². The Hall–Kier alpha value is -1.96. The van der Waals surface area contributed by atoms with Gasteiger partial charge in [-0.1, -0.05) is 5.16 Å². The molecule has 2 aromatic rings. The summed E-state index contributed by atoms with van der Waals surface area (Å²) in [5.74, 6) is 1.66. The SMILES string of the molecule is COCCNCCNC(=O)c1ccc(-c2nc(C3CC3)no2)cc1.Cl. The molecular formula is C17H23ClN4O3. The lowest BCUT2D eigenvalue weighted by Gasteiger charge is -2.06. The fourth-order valence-corrected chi connectivity index (χ4v) is 2.29. The lowest BCUT2D eigenvalue weighted by molar-refractivity contribution is 0.0953. The topological polar surface area (TPSA) is 89.3 Å². The van der Waals surface area contributed by atoms with Crippen molar-refractivity contribution in [3.8, 4) is 11.5 Å². The summed E-state index contributed by atoms with van der Waals surface area (Å²) < 4.78 is 10.2. The van der Waals surface area contributed by atoms with Crippen LogP contribution in [0.1, 0.15) is 34.9 Å². The summed E-state index contributed by atoms with van der Waals surface area (Å²) in [4.78, 5) is 16.5. The largest absolute Gasteiger partial charge is 0.383 e. The fraction of sp³-hybridized carbons (Fsp3) is 0.471. The number of rotatable bonds is 9. The van der Waals surface area contributed by atoms with Crippen molar-refractivity contribution in [3.63, 3.8) is 0 Å². The molecule has 3 rings (SSSR count). The third kappa shape index (κ3) is 5.52. The van der Waals surface area contributed by atoms with Crippen molar-refractivity contribution in [1.82, 2.24) is 20.8 Å². The summed E-state index contributed by atoms with van der Waals surface area (Å²) in [5.41, 5.74) is 1.43. The number of amides is 1. The molecule has 7 nitrogen and oxygen atoms in total. The van der Waals surface area contributed by atoms with Crippen molar-refractivity contribution in [2.24, 2.45) is 0 Å². The molecule has 0 bridgehead atoms. The van der Waals surface area contributed by atoms with E-state index in [9.17, 15) is 4.79 Å². The third-order valence-corrected chi connectivity index (χ3v) is 3.85. The van der Waals surface area contributed by atoms with E-state index in [4.69, 9.17) is 9.26 Å². The Morgan fingerprint density at radius 1 is 1.24 bits per heavy atom. The summed E-state index contributed by atoms with van der Waals surface area (Å²) in [6.07, 6.45) is 2.27. The second kappa shape index (κ2) is 9.50. The van der Waals surface area contributed by atoms with Gasteiger partial charge in [-0.25, -0.2) is 0 Å². The van der Waals surface area contributed by atoms with Crippen LogP contribution < -0.4 is 10.6 Å². The molecule has 1 aliphatic carbocycles. The Labute approximate surface area is 152 Å². The van der Waals surface area contributed by atoms with E-state index < -0.39 is 0 Å². The molecule has 0 aliphatic heterocycles. The minimum atomic E-state index is -0.0979. The second-order valence-corrected chi connectivity index (χ2v) is 5.81. The van der Waals surface area contributed by atoms with Gasteiger partial charge >= 0.3 is 0 Å². The first-order valence-electron chi connectivity index (χ1n) is 8.20. The van der Waals surface area contributed by atoms with Gasteiger partial charge in [0.2, 0.25) is 0 Å². The Bertz CT molecular complexity index is 671. The van der Waals surface area contributed by atoms with E-state index >= 15 is 0 Å². The number of aromatic nitrogens is 2. The van der Waals surface area contributed by atoms with Gasteiger partial charge in [0, 0.05) is 43.8 Å². The number of halogens is 1. The van der Waals surface area contributed by atoms with E-state index in [0.29, 0.717) is 37.1 Å². The number of hydrogen-bond donors (Lipinski definition) is 2. The molecule has 0 unspecified atom stereocenters. The van der Waals surface area contributed by atoms with Crippen molar-refractivity contribution in [1.29, 1.82) is 0 Å². The Kier molecular flexibility index (Phi) is 7.36. The van der Waals surface area contributed by atoms with Crippen LogP contribution in [0.25, 0.3) is 11.5 Å². The maximum absolute atomic E-state index is 12.1. The second-order valence-electron chi connectivity index (χ2n) is 5.81. The molecule has 1 amide bonds. The zero-order chi connectivity index (χ0) is 16.8. The highest BCUT2D eigenvalue weighted by molar-refractivity contribution is 5.94. The molecule has 1 aromatic heterocycles. The first-order valence-corrected chi connectivity index (χ1v) is 8.20. The van der Waals surface area contributed by atoms with E-state index in [0.717, 1.165) is 30.8 Å². The van der Waals surface area contributed by atoms with E-state index in [1.165, 1.54) is 0 Å². The van der Waals surface area contributed by atoms with Crippen molar-refractivity contribution in [3.05, 3.63) is 35.7 Å². The third-order valence-electron chi connectivity index (χ3n) is 3.85. The maximum Gasteiger partial charge on any atom is 0.257 e. The van der Waals surface area contributed by atoms with Crippen LogP contribution in [0.15, 0.2) is 28.8 Å². The van der Waals surface area contributed by atoms with Crippen molar-refractivity contribution in [2.45, 2.75) is 18.8 Å². The highest BCUT2D eigenvalue weighted by atomic mass is 35.5. The number of carbonyl (C=O) groups is 1. The van der Waals surface area contributed by atoms with E-state index in [2.05, 4.69) is 20.8 Å². The lowest BCUT2D eigenvalue weighted by Crippen LogP contribution is -2.33. The van der Waals surface area contributed by atoms with Crippen LogP contribution in [-0.4, -0.2) is 49.4 Å². The van der Waals surface area contributed by atoms with Gasteiger partial charge in [0.05, 0.1) is 6.61 Å². The molecule has 0 saturated heterocycles. The molecule has 1 fully saturated rings. The number of hydrogen-bond acceptors (Lipinski definition) is 6. The number of methoxy groups -OCH3 is 1. The minimum Gasteiger partial charge on any atom is -0.383 e. The smallest absolute Gasteiger partial charge is 0.257 e. The number of nitrogens with one attached hydrogen (secondary N) is 2. The monoisotopic (exact) mass is 366 g/mol. The summed E-state index contributed by atoms with van der Waals surface area (Å²) in [6.45, 7) is 2.71. The van der Waals surface area contributed by atoms with Crippen LogP contribution >= 0.6 is 12.4 Å². The average Bonchev–Trinajstić information content (AvgIpc) is 3.35. The van der Waals surface area contributed by atoms with Crippen molar-refractivity contribution in [2.75, 3.05) is 33.4 Å². The summed E-state index contributed by atoms with van der Waals surface area (Å²) >= 11 is 0. The standard InChI is InChI=1S/C17H22N4O3.ClH/c1-23-11-10-18-8-9-19-16(22)13-4-6-14(7-5-13)17-20-15(21-24-17)12-2-3-12;/h4-7,12,18H,2-3,8-11H2,1H3,(H,19,22);1H. The van der Waals surface area contributed by atoms with E-state index in [1.807, 2.05) is 12.1 Å². The molecule has 0 spiro atoms. The minimum absolute atomic E-state index is 0. The summed E-state index contributed by atoms with van der Waals surface area (Å²) in [5, 5.41) is 10.0. The van der Waals surface area contributed by atoms with Gasteiger partial charge in [-0.05, 0) is 37.1 Å².